The Balaban J connectivity index is 2.54. The lowest BCUT2D eigenvalue weighted by atomic mass is 10.5. The summed E-state index contributed by atoms with van der Waals surface area (Å²) in [6.45, 7) is 1.81. The summed E-state index contributed by atoms with van der Waals surface area (Å²) in [5.41, 5.74) is 0. The molecule has 1 heterocycles. The van der Waals surface area contributed by atoms with E-state index in [2.05, 4.69) is 13.4 Å². The zero-order valence-electron chi connectivity index (χ0n) is 5.22. The van der Waals surface area contributed by atoms with Crippen molar-refractivity contribution in [3.05, 3.63) is 0 Å². The zero-order chi connectivity index (χ0) is 7.56. The van der Waals surface area contributed by atoms with E-state index >= 15 is 0 Å². The fraction of sp³-hybridized carbons (Fsp3) is 1.00. The smallest absolute Gasteiger partial charge is 0.113 e. The first-order valence-corrected chi connectivity index (χ1v) is 4.80. The molecule has 0 aromatic carbocycles. The normalized spacial score (nSPS) is 35.5. The van der Waals surface area contributed by atoms with Gasteiger partial charge in [0.05, 0.1) is 0 Å². The molecule has 3 atom stereocenters. The van der Waals surface area contributed by atoms with Crippen molar-refractivity contribution in [3.63, 3.8) is 0 Å². The second-order valence-corrected chi connectivity index (χ2v) is 3.76. The number of rotatable bonds is 0. The second kappa shape index (κ2) is 3.46. The lowest BCUT2D eigenvalue weighted by Gasteiger charge is -1.90. The van der Waals surface area contributed by atoms with Gasteiger partial charge < -0.3 is 0 Å². The van der Waals surface area contributed by atoms with Crippen molar-refractivity contribution < 1.29 is 22.5 Å². The van der Waals surface area contributed by atoms with Gasteiger partial charge in [-0.25, -0.2) is 0 Å². The van der Waals surface area contributed by atoms with E-state index in [0.29, 0.717) is 0 Å². The van der Waals surface area contributed by atoms with E-state index in [9.17, 15) is 9.13 Å². The quantitative estimate of drug-likeness (QED) is 0.536. The van der Waals surface area contributed by atoms with Gasteiger partial charge in [0.25, 0.3) is 0 Å². The molecule has 1 fully saturated rings. The third kappa shape index (κ3) is 2.37. The summed E-state index contributed by atoms with van der Waals surface area (Å²) in [4.78, 5) is 0. The SMILES string of the molecule is CC1CO[P+](=O)O[P+](=O)O1. The fourth-order valence-corrected chi connectivity index (χ4v) is 1.90. The van der Waals surface area contributed by atoms with Gasteiger partial charge in [0.2, 0.25) is 0 Å². The van der Waals surface area contributed by atoms with E-state index in [0.717, 1.165) is 0 Å². The highest BCUT2D eigenvalue weighted by Crippen LogP contribution is 2.43. The van der Waals surface area contributed by atoms with Gasteiger partial charge >= 0.3 is 16.5 Å². The molecular weight excluding hydrogens is 178 g/mol. The Bertz CT molecular complexity index is 168. The van der Waals surface area contributed by atoms with Crippen molar-refractivity contribution in [2.45, 2.75) is 13.0 Å². The molecule has 1 rings (SSSR count). The first kappa shape index (κ1) is 8.18. The highest BCUT2D eigenvalue weighted by atomic mass is 31.2. The minimum atomic E-state index is -2.26. The summed E-state index contributed by atoms with van der Waals surface area (Å²) in [6, 6.07) is 0. The third-order valence-corrected chi connectivity index (χ3v) is 2.77. The molecule has 0 spiro atoms. The Morgan fingerprint density at radius 2 is 2.10 bits per heavy atom. The Morgan fingerprint density at radius 3 is 2.80 bits per heavy atom. The zero-order valence-corrected chi connectivity index (χ0v) is 7.01. The van der Waals surface area contributed by atoms with Gasteiger partial charge in [-0.2, -0.15) is 0 Å². The van der Waals surface area contributed by atoms with Crippen LogP contribution in [0.1, 0.15) is 6.92 Å². The van der Waals surface area contributed by atoms with Crippen LogP contribution in [0.3, 0.4) is 0 Å². The van der Waals surface area contributed by atoms with Gasteiger partial charge in [0, 0.05) is 9.13 Å². The number of hydrogen-bond acceptors (Lipinski definition) is 5. The lowest BCUT2D eigenvalue weighted by Crippen LogP contribution is -2.07. The third-order valence-electron chi connectivity index (χ3n) is 0.814. The highest BCUT2D eigenvalue weighted by Gasteiger charge is 2.45. The molecular formula is C3H6O5P2+2. The fourth-order valence-electron chi connectivity index (χ4n) is 0.440. The minimum Gasteiger partial charge on any atom is -0.113 e. The molecule has 0 aromatic rings. The Labute approximate surface area is 59.6 Å². The van der Waals surface area contributed by atoms with Crippen LogP contribution in [0.25, 0.3) is 0 Å². The van der Waals surface area contributed by atoms with E-state index in [-0.39, 0.29) is 12.7 Å². The second-order valence-electron chi connectivity index (χ2n) is 1.74. The van der Waals surface area contributed by atoms with Crippen molar-refractivity contribution >= 4 is 16.5 Å². The lowest BCUT2D eigenvalue weighted by molar-refractivity contribution is 0.165. The van der Waals surface area contributed by atoms with Gasteiger partial charge in [-0.15, -0.1) is 9.05 Å². The van der Waals surface area contributed by atoms with Crippen LogP contribution in [-0.2, 0) is 22.5 Å². The van der Waals surface area contributed by atoms with E-state index in [4.69, 9.17) is 0 Å². The van der Waals surface area contributed by atoms with Crippen molar-refractivity contribution in [1.82, 2.24) is 0 Å². The Kier molecular flexibility index (Phi) is 2.83. The largest absolute Gasteiger partial charge is 0.748 e. The van der Waals surface area contributed by atoms with Crippen molar-refractivity contribution in [3.8, 4) is 0 Å². The van der Waals surface area contributed by atoms with E-state index < -0.39 is 16.5 Å². The minimum absolute atomic E-state index is 0.149. The maximum atomic E-state index is 10.5. The van der Waals surface area contributed by atoms with Crippen molar-refractivity contribution in [2.24, 2.45) is 0 Å². The maximum Gasteiger partial charge on any atom is 0.748 e. The maximum absolute atomic E-state index is 10.5. The predicted molar refractivity (Wildman–Crippen MR) is 32.8 cm³/mol. The van der Waals surface area contributed by atoms with Crippen LogP contribution in [0.5, 0.6) is 0 Å². The first-order valence-electron chi connectivity index (χ1n) is 2.61. The monoisotopic (exact) mass is 184 g/mol. The number of hydrogen-bond donors (Lipinski definition) is 0. The average molecular weight is 184 g/mol. The van der Waals surface area contributed by atoms with Gasteiger partial charge in [-0.1, -0.05) is 0 Å². The summed E-state index contributed by atoms with van der Waals surface area (Å²) >= 11 is 0. The Morgan fingerprint density at radius 1 is 1.40 bits per heavy atom. The molecule has 56 valence electrons. The molecule has 0 aliphatic carbocycles. The molecule has 5 nitrogen and oxygen atoms in total. The van der Waals surface area contributed by atoms with Crippen LogP contribution in [-0.4, -0.2) is 12.7 Å². The molecule has 3 unspecified atom stereocenters. The Hall–Kier alpha value is 0.0800. The van der Waals surface area contributed by atoms with E-state index in [1.54, 1.807) is 6.92 Å². The summed E-state index contributed by atoms with van der Waals surface area (Å²) in [6.07, 6.45) is -0.329. The van der Waals surface area contributed by atoms with Gasteiger partial charge in [-0.3, -0.25) is 0 Å². The predicted octanol–water partition coefficient (Wildman–Crippen LogP) is 1.75. The molecule has 0 radical (unpaired) electrons. The summed E-state index contributed by atoms with van der Waals surface area (Å²) < 4.78 is 34.5. The van der Waals surface area contributed by atoms with Gasteiger partial charge in [0.15, 0.2) is 4.31 Å². The molecule has 1 aliphatic rings. The summed E-state index contributed by atoms with van der Waals surface area (Å²) in [5, 5.41) is 0. The van der Waals surface area contributed by atoms with Gasteiger partial charge in [0.1, 0.15) is 12.7 Å². The molecule has 0 bridgehead atoms. The topological polar surface area (TPSA) is 61.8 Å². The van der Waals surface area contributed by atoms with Crippen molar-refractivity contribution in [1.29, 1.82) is 0 Å². The van der Waals surface area contributed by atoms with Gasteiger partial charge in [-0.05, 0) is 6.92 Å². The summed E-state index contributed by atoms with van der Waals surface area (Å²) in [5.74, 6) is 0. The van der Waals surface area contributed by atoms with Crippen LogP contribution in [0.2, 0.25) is 0 Å². The molecule has 1 saturated heterocycles. The average Bonchev–Trinajstić information content (AvgIpc) is 1.93. The van der Waals surface area contributed by atoms with E-state index in [1.165, 1.54) is 0 Å². The van der Waals surface area contributed by atoms with Crippen LogP contribution in [0.4, 0.5) is 0 Å². The van der Waals surface area contributed by atoms with Crippen LogP contribution < -0.4 is 0 Å². The van der Waals surface area contributed by atoms with Crippen molar-refractivity contribution in [2.75, 3.05) is 6.61 Å². The van der Waals surface area contributed by atoms with Crippen LogP contribution in [0.15, 0.2) is 0 Å². The summed E-state index contributed by atoms with van der Waals surface area (Å²) in [7, 11) is -4.50. The molecule has 0 aromatic heterocycles. The molecule has 1 aliphatic heterocycles. The van der Waals surface area contributed by atoms with Crippen LogP contribution in [0, 0.1) is 0 Å². The molecule has 0 amide bonds. The highest BCUT2D eigenvalue weighted by molar-refractivity contribution is 7.47. The molecule has 7 heteroatoms. The van der Waals surface area contributed by atoms with E-state index in [1.807, 2.05) is 0 Å². The first-order chi connectivity index (χ1) is 4.68. The molecule has 10 heavy (non-hydrogen) atoms. The van der Waals surface area contributed by atoms with Crippen LogP contribution >= 0.6 is 16.5 Å². The molecule has 0 saturated carbocycles. The molecule has 0 N–H and O–H groups in total. The standard InChI is InChI=1S/C3H6O5P2/c1-3-2-6-9(4)8-10(5)7-3/h3H,2H2,1H3/q+2.